The first-order chi connectivity index (χ1) is 13.2. The van der Waals surface area contributed by atoms with Crippen LogP contribution in [-0.4, -0.2) is 40.9 Å². The number of anilines is 1. The van der Waals surface area contributed by atoms with Crippen LogP contribution >= 0.6 is 0 Å². The molecule has 1 saturated heterocycles. The number of benzene rings is 1. The predicted molar refractivity (Wildman–Crippen MR) is 107 cm³/mol. The van der Waals surface area contributed by atoms with E-state index in [0.717, 1.165) is 43.6 Å². The fraction of sp³-hybridized carbons (Fsp3) is 0.409. The van der Waals surface area contributed by atoms with E-state index < -0.39 is 0 Å². The third kappa shape index (κ3) is 2.82. The highest BCUT2D eigenvalue weighted by Crippen LogP contribution is 2.37. The Hall–Kier alpha value is -2.37. The normalized spacial score (nSPS) is 19.6. The number of aromatic amines is 1. The van der Waals surface area contributed by atoms with Gasteiger partial charge in [-0.15, -0.1) is 0 Å². The second-order valence-electron chi connectivity index (χ2n) is 7.70. The molecule has 0 unspecified atom stereocenters. The second-order valence-corrected chi connectivity index (χ2v) is 7.70. The molecule has 0 aliphatic carbocycles. The number of pyridine rings is 1. The van der Waals surface area contributed by atoms with E-state index in [1.807, 2.05) is 12.4 Å². The molecular formula is C22H25N3O2. The summed E-state index contributed by atoms with van der Waals surface area (Å²) in [5.41, 5.74) is 8.36. The van der Waals surface area contributed by atoms with Crippen LogP contribution in [0.15, 0.2) is 30.6 Å². The number of rotatable bonds is 3. The van der Waals surface area contributed by atoms with E-state index in [4.69, 9.17) is 4.74 Å². The molecule has 0 saturated carbocycles. The summed E-state index contributed by atoms with van der Waals surface area (Å²) < 4.78 is 5.77. The van der Waals surface area contributed by atoms with Crippen molar-refractivity contribution in [2.75, 3.05) is 24.7 Å². The maximum Gasteiger partial charge on any atom is 0.137 e. The number of fused-ring (bicyclic) bond motifs is 2. The van der Waals surface area contributed by atoms with Crippen molar-refractivity contribution in [1.29, 1.82) is 0 Å². The van der Waals surface area contributed by atoms with Crippen molar-refractivity contribution >= 4 is 16.7 Å². The molecule has 2 aromatic heterocycles. The summed E-state index contributed by atoms with van der Waals surface area (Å²) in [5, 5.41) is 11.0. The van der Waals surface area contributed by atoms with Crippen molar-refractivity contribution in [2.24, 2.45) is 0 Å². The summed E-state index contributed by atoms with van der Waals surface area (Å²) >= 11 is 0. The summed E-state index contributed by atoms with van der Waals surface area (Å²) in [4.78, 5) is 10.2. The largest absolute Gasteiger partial charge is 0.394 e. The topological polar surface area (TPSA) is 61.4 Å². The molecule has 5 nitrogen and oxygen atoms in total. The number of aryl methyl sites for hydroxylation is 1. The van der Waals surface area contributed by atoms with Crippen LogP contribution in [0.25, 0.3) is 22.2 Å². The van der Waals surface area contributed by atoms with Crippen molar-refractivity contribution in [3.05, 3.63) is 47.3 Å². The molecule has 140 valence electrons. The van der Waals surface area contributed by atoms with Crippen LogP contribution < -0.4 is 4.90 Å². The fourth-order valence-corrected chi connectivity index (χ4v) is 4.52. The fourth-order valence-electron chi connectivity index (χ4n) is 4.52. The van der Waals surface area contributed by atoms with Gasteiger partial charge < -0.3 is 19.7 Å². The Morgan fingerprint density at radius 1 is 1.30 bits per heavy atom. The summed E-state index contributed by atoms with van der Waals surface area (Å²) in [7, 11) is 0. The van der Waals surface area contributed by atoms with Crippen molar-refractivity contribution in [3.8, 4) is 11.1 Å². The van der Waals surface area contributed by atoms with Crippen molar-refractivity contribution in [2.45, 2.75) is 38.8 Å². The molecule has 3 aromatic rings. The maximum atomic E-state index is 9.83. The van der Waals surface area contributed by atoms with Gasteiger partial charge in [-0.3, -0.25) is 0 Å². The van der Waals surface area contributed by atoms with E-state index in [9.17, 15) is 5.11 Å². The van der Waals surface area contributed by atoms with Crippen LogP contribution in [0.4, 0.5) is 5.69 Å². The average molecular weight is 363 g/mol. The van der Waals surface area contributed by atoms with Gasteiger partial charge in [-0.25, -0.2) is 4.98 Å². The average Bonchev–Trinajstić information content (AvgIpc) is 3.33. The molecule has 0 spiro atoms. The van der Waals surface area contributed by atoms with Gasteiger partial charge in [-0.1, -0.05) is 6.07 Å². The Morgan fingerprint density at radius 2 is 2.22 bits per heavy atom. The van der Waals surface area contributed by atoms with Gasteiger partial charge in [-0.2, -0.15) is 0 Å². The van der Waals surface area contributed by atoms with Gasteiger partial charge in [0, 0.05) is 41.1 Å². The summed E-state index contributed by atoms with van der Waals surface area (Å²) in [6.45, 7) is 4.74. The van der Waals surface area contributed by atoms with Crippen molar-refractivity contribution in [3.63, 3.8) is 0 Å². The van der Waals surface area contributed by atoms with E-state index in [1.165, 1.54) is 33.3 Å². The quantitative estimate of drug-likeness (QED) is 0.747. The van der Waals surface area contributed by atoms with Crippen molar-refractivity contribution in [1.82, 2.24) is 9.97 Å². The first-order valence-electron chi connectivity index (χ1n) is 9.80. The number of nitrogens with one attached hydrogen (secondary N) is 1. The minimum atomic E-state index is 0.204. The lowest BCUT2D eigenvalue weighted by atomic mass is 9.94. The molecule has 1 atom stereocenters. The number of aliphatic hydroxyl groups is 1. The number of aliphatic hydroxyl groups excluding tert-OH is 1. The molecular weight excluding hydrogens is 338 g/mol. The minimum absolute atomic E-state index is 0.204. The lowest BCUT2D eigenvalue weighted by molar-refractivity contribution is 0.111. The molecule has 27 heavy (non-hydrogen) atoms. The lowest BCUT2D eigenvalue weighted by Crippen LogP contribution is -2.33. The Bertz CT molecular complexity index is 995. The van der Waals surface area contributed by atoms with E-state index in [0.29, 0.717) is 6.61 Å². The zero-order valence-corrected chi connectivity index (χ0v) is 15.7. The minimum Gasteiger partial charge on any atom is -0.394 e. The number of hydrogen-bond acceptors (Lipinski definition) is 4. The molecule has 2 aliphatic rings. The number of hydrogen-bond donors (Lipinski definition) is 2. The van der Waals surface area contributed by atoms with E-state index in [-0.39, 0.29) is 12.6 Å². The van der Waals surface area contributed by atoms with Crippen LogP contribution in [0.1, 0.15) is 29.5 Å². The molecule has 4 heterocycles. The molecule has 2 aliphatic heterocycles. The number of nitrogens with zero attached hydrogens (tertiary/aromatic N) is 2. The summed E-state index contributed by atoms with van der Waals surface area (Å²) in [5.74, 6) is 0. The predicted octanol–water partition coefficient (Wildman–Crippen LogP) is 3.57. The van der Waals surface area contributed by atoms with Crippen LogP contribution in [-0.2, 0) is 17.8 Å². The molecule has 1 fully saturated rings. The van der Waals surface area contributed by atoms with Gasteiger partial charge in [0.05, 0.1) is 25.9 Å². The van der Waals surface area contributed by atoms with Crippen molar-refractivity contribution < 1.29 is 9.84 Å². The number of aromatic nitrogens is 2. The first-order valence-corrected chi connectivity index (χ1v) is 9.80. The molecule has 5 heteroatoms. The molecule has 0 amide bonds. The highest BCUT2D eigenvalue weighted by molar-refractivity contribution is 5.85. The number of H-pyrrole nitrogens is 1. The zero-order valence-electron chi connectivity index (χ0n) is 15.7. The third-order valence-electron chi connectivity index (χ3n) is 6.05. The Morgan fingerprint density at radius 3 is 3.11 bits per heavy atom. The Labute approximate surface area is 159 Å². The van der Waals surface area contributed by atoms with Gasteiger partial charge in [-0.05, 0) is 55.0 Å². The maximum absolute atomic E-state index is 9.83. The molecule has 0 radical (unpaired) electrons. The van der Waals surface area contributed by atoms with Crippen LogP contribution in [0.2, 0.25) is 0 Å². The van der Waals surface area contributed by atoms with Gasteiger partial charge in [0.1, 0.15) is 5.65 Å². The van der Waals surface area contributed by atoms with E-state index in [1.54, 1.807) is 0 Å². The standard InChI is InChI=1S/C22H25N3O2/c1-14-10-23-22-19(14)8-17(11-24-22)16-7-15-4-6-27-13-20(15)21(9-16)25-5-2-3-18(25)12-26/h7-11,18,26H,2-6,12-13H2,1H3,(H,23,24)/t18-/m0/s1. The smallest absolute Gasteiger partial charge is 0.137 e. The first kappa shape index (κ1) is 16.8. The summed E-state index contributed by atoms with van der Waals surface area (Å²) in [6.07, 6.45) is 7.07. The molecule has 2 N–H and O–H groups in total. The third-order valence-corrected chi connectivity index (χ3v) is 6.05. The SMILES string of the molecule is Cc1c[nH]c2ncc(-c3cc4c(c(N5CCC[C@H]5CO)c3)COCC4)cc12. The second kappa shape index (κ2) is 6.66. The Balaban J connectivity index is 1.66. The molecule has 5 rings (SSSR count). The highest BCUT2D eigenvalue weighted by atomic mass is 16.5. The monoisotopic (exact) mass is 363 g/mol. The molecule has 0 bridgehead atoms. The highest BCUT2D eigenvalue weighted by Gasteiger charge is 2.28. The Kier molecular flexibility index (Phi) is 4.14. The molecule has 1 aromatic carbocycles. The lowest BCUT2D eigenvalue weighted by Gasteiger charge is -2.31. The zero-order chi connectivity index (χ0) is 18.4. The van der Waals surface area contributed by atoms with Crippen LogP contribution in [0.3, 0.4) is 0 Å². The van der Waals surface area contributed by atoms with Gasteiger partial charge >= 0.3 is 0 Å². The van der Waals surface area contributed by atoms with E-state index in [2.05, 4.69) is 40.0 Å². The summed E-state index contributed by atoms with van der Waals surface area (Å²) in [6, 6.07) is 7.01. The number of ether oxygens (including phenoxy) is 1. The van der Waals surface area contributed by atoms with Gasteiger partial charge in [0.15, 0.2) is 0 Å². The van der Waals surface area contributed by atoms with Gasteiger partial charge in [0.2, 0.25) is 0 Å². The van der Waals surface area contributed by atoms with Gasteiger partial charge in [0.25, 0.3) is 0 Å². The van der Waals surface area contributed by atoms with Crippen LogP contribution in [0, 0.1) is 6.92 Å². The van der Waals surface area contributed by atoms with Crippen LogP contribution in [0.5, 0.6) is 0 Å². The van der Waals surface area contributed by atoms with E-state index >= 15 is 0 Å².